The van der Waals surface area contributed by atoms with Crippen LogP contribution in [0.5, 0.6) is 0 Å². The van der Waals surface area contributed by atoms with Gasteiger partial charge in [0.05, 0.1) is 10.8 Å². The Morgan fingerprint density at radius 2 is 2.03 bits per heavy atom. The van der Waals surface area contributed by atoms with E-state index in [-0.39, 0.29) is 12.0 Å². The summed E-state index contributed by atoms with van der Waals surface area (Å²) < 4.78 is 43.1. The number of carbonyl (C=O) groups excluding carboxylic acids is 1. The number of rotatable bonds is 6. The van der Waals surface area contributed by atoms with Crippen molar-refractivity contribution in [2.75, 3.05) is 13.1 Å². The Balaban J connectivity index is 1.85. The van der Waals surface area contributed by atoms with E-state index in [1.165, 1.54) is 12.1 Å². The highest BCUT2D eigenvalue weighted by Crippen LogP contribution is 2.42. The number of allylic oxidation sites excluding steroid dienone is 3. The number of primary amides is 1. The van der Waals surface area contributed by atoms with E-state index < -0.39 is 37.4 Å². The number of amides is 1. The third kappa shape index (κ3) is 4.61. The topological polar surface area (TPSA) is 101 Å². The molecule has 0 spiro atoms. The van der Waals surface area contributed by atoms with Crippen LogP contribution in [-0.4, -0.2) is 38.3 Å². The third-order valence-corrected chi connectivity index (χ3v) is 7.98. The van der Waals surface area contributed by atoms with Crippen LogP contribution in [0.3, 0.4) is 0 Å². The van der Waals surface area contributed by atoms with Crippen molar-refractivity contribution in [2.24, 2.45) is 17.6 Å². The van der Waals surface area contributed by atoms with Crippen molar-refractivity contribution in [3.8, 4) is 0 Å². The monoisotopic (exact) mass is 455 g/mol. The average molecular weight is 456 g/mol. The van der Waals surface area contributed by atoms with E-state index in [0.29, 0.717) is 11.1 Å². The molecule has 0 radical (unpaired) electrons. The van der Waals surface area contributed by atoms with Gasteiger partial charge in [-0.05, 0) is 69.0 Å². The third-order valence-electron chi connectivity index (χ3n) is 5.95. The summed E-state index contributed by atoms with van der Waals surface area (Å²) in [7, 11) is -4.03. The fourth-order valence-corrected chi connectivity index (χ4v) is 5.87. The van der Waals surface area contributed by atoms with Gasteiger partial charge in [-0.25, -0.2) is 17.5 Å². The Kier molecular flexibility index (Phi) is 6.72. The molecule has 30 heavy (non-hydrogen) atoms. The number of hydrogen-bond donors (Lipinski definition) is 3. The van der Waals surface area contributed by atoms with E-state index in [2.05, 4.69) is 10.0 Å². The highest BCUT2D eigenvalue weighted by Gasteiger charge is 2.40. The molecule has 0 aromatic heterocycles. The highest BCUT2D eigenvalue weighted by atomic mass is 35.5. The van der Waals surface area contributed by atoms with E-state index in [4.69, 9.17) is 17.3 Å². The van der Waals surface area contributed by atoms with Crippen LogP contribution in [0, 0.1) is 17.7 Å². The minimum atomic E-state index is -4.03. The van der Waals surface area contributed by atoms with Gasteiger partial charge in [0.15, 0.2) is 0 Å². The fourth-order valence-electron chi connectivity index (χ4n) is 4.15. The molecule has 3 unspecified atom stereocenters. The lowest BCUT2D eigenvalue weighted by Gasteiger charge is -2.33. The molecule has 2 aliphatic rings. The van der Waals surface area contributed by atoms with Crippen LogP contribution in [0.2, 0.25) is 0 Å². The Morgan fingerprint density at radius 3 is 2.63 bits per heavy atom. The second-order valence-electron chi connectivity index (χ2n) is 8.06. The second kappa shape index (κ2) is 8.78. The van der Waals surface area contributed by atoms with Crippen LogP contribution in [0.4, 0.5) is 4.39 Å². The van der Waals surface area contributed by atoms with Gasteiger partial charge in [0.2, 0.25) is 15.9 Å². The van der Waals surface area contributed by atoms with E-state index in [1.807, 2.05) is 6.92 Å². The van der Waals surface area contributed by atoms with Crippen molar-refractivity contribution in [1.82, 2.24) is 10.0 Å². The largest absolute Gasteiger partial charge is 0.369 e. The number of nitrogens with one attached hydrogen (secondary N) is 2. The van der Waals surface area contributed by atoms with Gasteiger partial charge in [0.1, 0.15) is 10.7 Å². The molecule has 1 aromatic rings. The molecule has 6 nitrogen and oxygen atoms in total. The van der Waals surface area contributed by atoms with Gasteiger partial charge in [-0.15, -0.1) is 11.6 Å². The van der Waals surface area contributed by atoms with Crippen LogP contribution in [0.15, 0.2) is 41.3 Å². The molecule has 9 heteroatoms. The Labute approximate surface area is 181 Å². The van der Waals surface area contributed by atoms with Gasteiger partial charge in [-0.3, -0.25) is 4.79 Å². The summed E-state index contributed by atoms with van der Waals surface area (Å²) >= 11 is 6.59. The lowest BCUT2D eigenvalue weighted by atomic mass is 9.79. The van der Waals surface area contributed by atoms with Gasteiger partial charge in [-0.2, -0.15) is 0 Å². The number of sulfonamides is 1. The minimum absolute atomic E-state index is 0.199. The summed E-state index contributed by atoms with van der Waals surface area (Å²) in [6.07, 6.45) is 6.64. The summed E-state index contributed by atoms with van der Waals surface area (Å²) in [6, 6.07) is 3.56. The van der Waals surface area contributed by atoms with Gasteiger partial charge < -0.3 is 11.1 Å². The lowest BCUT2D eigenvalue weighted by molar-refractivity contribution is -0.120. The SMILES string of the molecule is CC(NS(=O)(=O)c1ccc(C2=CC=CC(C(N)=O)C2(C)Cl)cc1F)C1CCNCC1. The summed E-state index contributed by atoms with van der Waals surface area (Å²) in [5.41, 5.74) is 6.32. The number of piperidine rings is 1. The molecule has 1 aromatic carbocycles. The zero-order valence-electron chi connectivity index (χ0n) is 17.0. The molecule has 4 N–H and O–H groups in total. The number of hydrogen-bond acceptors (Lipinski definition) is 4. The number of halogens is 2. The Hall–Kier alpha value is -1.74. The maximum Gasteiger partial charge on any atom is 0.243 e. The van der Waals surface area contributed by atoms with E-state index >= 15 is 0 Å². The van der Waals surface area contributed by atoms with Crippen molar-refractivity contribution in [2.45, 2.75) is 42.5 Å². The number of benzene rings is 1. The molecule has 3 atom stereocenters. The molecular weight excluding hydrogens is 429 g/mol. The van der Waals surface area contributed by atoms with Crippen molar-refractivity contribution in [1.29, 1.82) is 0 Å². The first-order valence-electron chi connectivity index (χ1n) is 9.94. The number of carbonyl (C=O) groups is 1. The molecule has 1 saturated heterocycles. The number of alkyl halides is 1. The molecule has 1 aliphatic carbocycles. The molecule has 164 valence electrons. The summed E-state index contributed by atoms with van der Waals surface area (Å²) in [6.45, 7) is 5.12. The fraction of sp³-hybridized carbons (Fsp3) is 0.476. The molecule has 1 aliphatic heterocycles. The van der Waals surface area contributed by atoms with E-state index in [0.717, 1.165) is 32.0 Å². The first-order valence-corrected chi connectivity index (χ1v) is 11.8. The molecule has 0 saturated carbocycles. The predicted octanol–water partition coefficient (Wildman–Crippen LogP) is 2.54. The summed E-state index contributed by atoms with van der Waals surface area (Å²) in [4.78, 5) is 10.1. The first kappa shape index (κ1) is 22.9. The quantitative estimate of drug-likeness (QED) is 0.574. The van der Waals surface area contributed by atoms with Crippen LogP contribution < -0.4 is 15.8 Å². The molecule has 1 amide bonds. The van der Waals surface area contributed by atoms with E-state index in [9.17, 15) is 17.6 Å². The summed E-state index contributed by atoms with van der Waals surface area (Å²) in [5.74, 6) is -2.04. The molecule has 3 rings (SSSR count). The first-order chi connectivity index (χ1) is 14.0. The van der Waals surface area contributed by atoms with Crippen molar-refractivity contribution in [3.63, 3.8) is 0 Å². The van der Waals surface area contributed by atoms with Crippen LogP contribution in [0.25, 0.3) is 5.57 Å². The highest BCUT2D eigenvalue weighted by molar-refractivity contribution is 7.89. The smallest absolute Gasteiger partial charge is 0.243 e. The predicted molar refractivity (Wildman–Crippen MR) is 116 cm³/mol. The molecule has 1 heterocycles. The average Bonchev–Trinajstić information content (AvgIpc) is 2.67. The van der Waals surface area contributed by atoms with Crippen LogP contribution in [0.1, 0.15) is 32.3 Å². The van der Waals surface area contributed by atoms with Crippen molar-refractivity contribution >= 4 is 33.1 Å². The van der Waals surface area contributed by atoms with Crippen LogP contribution >= 0.6 is 11.6 Å². The zero-order valence-corrected chi connectivity index (χ0v) is 18.6. The maximum absolute atomic E-state index is 14.9. The maximum atomic E-state index is 14.9. The van der Waals surface area contributed by atoms with E-state index in [1.54, 1.807) is 25.2 Å². The van der Waals surface area contributed by atoms with Crippen molar-refractivity contribution < 1.29 is 17.6 Å². The van der Waals surface area contributed by atoms with Gasteiger partial charge in [0.25, 0.3) is 0 Å². The standard InChI is InChI=1S/C21H27ClFN3O3S/c1-13(14-8-10-25-11-9-14)26-30(28,29)19-7-6-15(12-18(19)23)16-4-3-5-17(20(24)27)21(16,2)22/h3-7,12-14,17,25-26H,8-11H2,1-2H3,(H2,24,27). The van der Waals surface area contributed by atoms with Gasteiger partial charge in [0, 0.05) is 6.04 Å². The van der Waals surface area contributed by atoms with Crippen LogP contribution in [-0.2, 0) is 14.8 Å². The lowest BCUT2D eigenvalue weighted by Crippen LogP contribution is -2.42. The zero-order chi connectivity index (χ0) is 22.1. The minimum Gasteiger partial charge on any atom is -0.369 e. The number of nitrogens with two attached hydrogens (primary N) is 1. The van der Waals surface area contributed by atoms with Crippen molar-refractivity contribution in [3.05, 3.63) is 47.8 Å². The second-order valence-corrected chi connectivity index (χ2v) is 10.5. The Bertz CT molecular complexity index is 985. The van der Waals surface area contributed by atoms with Gasteiger partial charge in [-0.1, -0.05) is 24.3 Å². The Morgan fingerprint density at radius 1 is 1.37 bits per heavy atom. The molecule has 0 bridgehead atoms. The van der Waals surface area contributed by atoms with Gasteiger partial charge >= 0.3 is 0 Å². The molecular formula is C21H27ClFN3O3S. The molecule has 1 fully saturated rings. The normalized spacial score (nSPS) is 26.3. The summed E-state index contributed by atoms with van der Waals surface area (Å²) in [5, 5.41) is 3.24.